The summed E-state index contributed by atoms with van der Waals surface area (Å²) >= 11 is 5.54. The molecule has 20 heavy (non-hydrogen) atoms. The fraction of sp³-hybridized carbons (Fsp3) is 0.0526. The lowest BCUT2D eigenvalue weighted by Gasteiger charge is -1.98. The fourth-order valence-corrected chi connectivity index (χ4v) is 2.64. The highest BCUT2D eigenvalue weighted by Crippen LogP contribution is 2.35. The molecule has 0 aliphatic heterocycles. The summed E-state index contributed by atoms with van der Waals surface area (Å²) in [5, 5.41) is 0.794. The van der Waals surface area contributed by atoms with Gasteiger partial charge in [-0.15, -0.1) is 0 Å². The normalized spacial score (nSPS) is 11.1. The van der Waals surface area contributed by atoms with Crippen LogP contribution in [0.1, 0.15) is 11.1 Å². The number of hydrogen-bond donors (Lipinski definition) is 0. The Balaban J connectivity index is 0.000000147. The van der Waals surface area contributed by atoms with E-state index in [2.05, 4.69) is 48.5 Å². The highest BCUT2D eigenvalue weighted by atomic mass is 35.5. The first-order valence-corrected chi connectivity index (χ1v) is 7.09. The standard InChI is InChI=1S/C13H10.C6H5Cl/c1-3-7-12-10(5-1)9-11-6-2-4-8-13(11)12;7-6-4-2-1-3-5-6/h1-8H,9H2;1-5H. The van der Waals surface area contributed by atoms with Crippen LogP contribution in [0.2, 0.25) is 5.02 Å². The van der Waals surface area contributed by atoms with Gasteiger partial charge < -0.3 is 0 Å². The lowest BCUT2D eigenvalue weighted by atomic mass is 10.1. The third kappa shape index (κ3) is 2.76. The Morgan fingerprint density at radius 1 is 0.550 bits per heavy atom. The SMILES string of the molecule is Clc1ccccc1.c1ccc2c(c1)Cc1ccccc1-2. The Labute approximate surface area is 124 Å². The highest BCUT2D eigenvalue weighted by molar-refractivity contribution is 6.30. The second kappa shape index (κ2) is 5.94. The van der Waals surface area contributed by atoms with Crippen LogP contribution in [0.3, 0.4) is 0 Å². The van der Waals surface area contributed by atoms with E-state index in [9.17, 15) is 0 Å². The van der Waals surface area contributed by atoms with Gasteiger partial charge in [0.15, 0.2) is 0 Å². The summed E-state index contributed by atoms with van der Waals surface area (Å²) in [7, 11) is 0. The van der Waals surface area contributed by atoms with Crippen LogP contribution in [0.5, 0.6) is 0 Å². The van der Waals surface area contributed by atoms with Gasteiger partial charge in [-0.2, -0.15) is 0 Å². The monoisotopic (exact) mass is 278 g/mol. The van der Waals surface area contributed by atoms with Gasteiger partial charge in [-0.05, 0) is 40.8 Å². The summed E-state index contributed by atoms with van der Waals surface area (Å²) in [6.45, 7) is 0. The van der Waals surface area contributed by atoms with Crippen molar-refractivity contribution in [3.05, 3.63) is 95.0 Å². The second-order valence-electron chi connectivity index (χ2n) is 4.79. The minimum Gasteiger partial charge on any atom is -0.0843 e. The number of hydrogen-bond acceptors (Lipinski definition) is 0. The maximum absolute atomic E-state index is 5.54. The molecular formula is C19H15Cl. The minimum atomic E-state index is 0.794. The Kier molecular flexibility index (Phi) is 3.85. The van der Waals surface area contributed by atoms with Crippen LogP contribution in [0.15, 0.2) is 78.9 Å². The molecule has 0 unspecified atom stereocenters. The average Bonchev–Trinajstić information content (AvgIpc) is 2.87. The van der Waals surface area contributed by atoms with Gasteiger partial charge in [-0.3, -0.25) is 0 Å². The molecule has 0 saturated heterocycles. The summed E-state index contributed by atoms with van der Waals surface area (Å²) < 4.78 is 0. The van der Waals surface area contributed by atoms with Gasteiger partial charge in [0.25, 0.3) is 0 Å². The molecule has 0 heterocycles. The quantitative estimate of drug-likeness (QED) is 0.393. The fourth-order valence-electron chi connectivity index (χ4n) is 2.49. The number of rotatable bonds is 0. The predicted molar refractivity (Wildman–Crippen MR) is 86.1 cm³/mol. The van der Waals surface area contributed by atoms with Crippen molar-refractivity contribution in [2.24, 2.45) is 0 Å². The molecule has 0 amide bonds. The van der Waals surface area contributed by atoms with Crippen molar-refractivity contribution in [3.8, 4) is 11.1 Å². The molecule has 4 rings (SSSR count). The van der Waals surface area contributed by atoms with E-state index in [0.717, 1.165) is 11.4 Å². The largest absolute Gasteiger partial charge is 0.0843 e. The van der Waals surface area contributed by atoms with Crippen LogP contribution in [0.25, 0.3) is 11.1 Å². The Bertz CT molecular complexity index is 658. The van der Waals surface area contributed by atoms with Crippen molar-refractivity contribution in [2.75, 3.05) is 0 Å². The van der Waals surface area contributed by atoms with Crippen LogP contribution < -0.4 is 0 Å². The summed E-state index contributed by atoms with van der Waals surface area (Å²) in [6, 6.07) is 26.8. The molecule has 0 saturated carbocycles. The van der Waals surface area contributed by atoms with Crippen molar-refractivity contribution in [1.82, 2.24) is 0 Å². The van der Waals surface area contributed by atoms with E-state index in [1.807, 2.05) is 30.3 Å². The van der Waals surface area contributed by atoms with Gasteiger partial charge in [0.1, 0.15) is 0 Å². The molecule has 1 heteroatoms. The van der Waals surface area contributed by atoms with Crippen molar-refractivity contribution < 1.29 is 0 Å². The van der Waals surface area contributed by atoms with E-state index in [1.165, 1.54) is 22.3 Å². The van der Waals surface area contributed by atoms with Crippen LogP contribution in [-0.4, -0.2) is 0 Å². The summed E-state index contributed by atoms with van der Waals surface area (Å²) in [6.07, 6.45) is 1.10. The maximum atomic E-state index is 5.54. The van der Waals surface area contributed by atoms with Crippen LogP contribution in [-0.2, 0) is 6.42 Å². The van der Waals surface area contributed by atoms with Gasteiger partial charge in [0.2, 0.25) is 0 Å². The van der Waals surface area contributed by atoms with E-state index in [1.54, 1.807) is 0 Å². The summed E-state index contributed by atoms with van der Waals surface area (Å²) in [5.74, 6) is 0. The van der Waals surface area contributed by atoms with Crippen LogP contribution in [0.4, 0.5) is 0 Å². The molecule has 1 aliphatic carbocycles. The van der Waals surface area contributed by atoms with E-state index in [0.29, 0.717) is 0 Å². The maximum Gasteiger partial charge on any atom is 0.0405 e. The molecule has 0 spiro atoms. The van der Waals surface area contributed by atoms with Crippen molar-refractivity contribution in [1.29, 1.82) is 0 Å². The van der Waals surface area contributed by atoms with Gasteiger partial charge >= 0.3 is 0 Å². The van der Waals surface area contributed by atoms with Gasteiger partial charge in [0.05, 0.1) is 0 Å². The number of benzene rings is 3. The molecule has 0 bridgehead atoms. The predicted octanol–water partition coefficient (Wildman–Crippen LogP) is 5.60. The molecule has 0 fully saturated rings. The molecule has 0 radical (unpaired) electrons. The molecule has 1 aliphatic rings. The highest BCUT2D eigenvalue weighted by Gasteiger charge is 2.15. The second-order valence-corrected chi connectivity index (χ2v) is 5.22. The first-order valence-electron chi connectivity index (χ1n) is 6.71. The van der Waals surface area contributed by atoms with E-state index >= 15 is 0 Å². The molecule has 0 atom stereocenters. The number of halogens is 1. The summed E-state index contributed by atoms with van der Waals surface area (Å²) in [5.41, 5.74) is 5.75. The third-order valence-electron chi connectivity index (χ3n) is 3.44. The number of fused-ring (bicyclic) bond motifs is 3. The van der Waals surface area contributed by atoms with Crippen LogP contribution >= 0.6 is 11.6 Å². The van der Waals surface area contributed by atoms with Gasteiger partial charge in [0, 0.05) is 5.02 Å². The first kappa shape index (κ1) is 13.0. The molecule has 0 N–H and O–H groups in total. The Morgan fingerprint density at radius 2 is 1.00 bits per heavy atom. The van der Waals surface area contributed by atoms with Crippen molar-refractivity contribution >= 4 is 11.6 Å². The summed E-state index contributed by atoms with van der Waals surface area (Å²) in [4.78, 5) is 0. The molecule has 0 aromatic heterocycles. The van der Waals surface area contributed by atoms with E-state index in [-0.39, 0.29) is 0 Å². The van der Waals surface area contributed by atoms with E-state index in [4.69, 9.17) is 11.6 Å². The van der Waals surface area contributed by atoms with Crippen LogP contribution in [0, 0.1) is 0 Å². The lowest BCUT2D eigenvalue weighted by molar-refractivity contribution is 1.26. The Hall–Kier alpha value is -2.05. The topological polar surface area (TPSA) is 0 Å². The average molecular weight is 279 g/mol. The molecular weight excluding hydrogens is 264 g/mol. The van der Waals surface area contributed by atoms with Gasteiger partial charge in [-0.1, -0.05) is 78.3 Å². The van der Waals surface area contributed by atoms with Gasteiger partial charge in [-0.25, -0.2) is 0 Å². The van der Waals surface area contributed by atoms with Crippen molar-refractivity contribution in [3.63, 3.8) is 0 Å². The third-order valence-corrected chi connectivity index (χ3v) is 3.69. The smallest absolute Gasteiger partial charge is 0.0405 e. The minimum absolute atomic E-state index is 0.794. The zero-order chi connectivity index (χ0) is 13.8. The zero-order valence-corrected chi connectivity index (χ0v) is 11.8. The molecule has 0 nitrogen and oxygen atoms in total. The molecule has 3 aromatic rings. The Morgan fingerprint density at radius 3 is 1.45 bits per heavy atom. The van der Waals surface area contributed by atoms with Crippen molar-refractivity contribution in [2.45, 2.75) is 6.42 Å². The zero-order valence-electron chi connectivity index (χ0n) is 11.1. The lowest BCUT2D eigenvalue weighted by Crippen LogP contribution is -1.77. The first-order chi connectivity index (χ1) is 9.84. The molecule has 3 aromatic carbocycles. The molecule has 98 valence electrons. The van der Waals surface area contributed by atoms with E-state index < -0.39 is 0 Å².